The molecule has 0 aromatic heterocycles. The SMILES string of the molecule is CC(C)C[C@H](NC(=O)C1COc2ccccc2O1)C(=O)OC(C)(C)C. The Morgan fingerprint density at radius 2 is 1.88 bits per heavy atom. The molecule has 1 N–H and O–H groups in total. The van der Waals surface area contributed by atoms with Crippen molar-refractivity contribution < 1.29 is 23.8 Å². The first-order valence-corrected chi connectivity index (χ1v) is 8.57. The molecular formula is C19H27NO5. The predicted octanol–water partition coefficient (Wildman–Crippen LogP) is 2.70. The first-order valence-electron chi connectivity index (χ1n) is 8.57. The van der Waals surface area contributed by atoms with Crippen molar-refractivity contribution in [3.8, 4) is 11.5 Å². The summed E-state index contributed by atoms with van der Waals surface area (Å²) >= 11 is 0. The van der Waals surface area contributed by atoms with Crippen LogP contribution in [0.4, 0.5) is 0 Å². The van der Waals surface area contributed by atoms with Gasteiger partial charge >= 0.3 is 5.97 Å². The molecule has 1 aromatic carbocycles. The lowest BCUT2D eigenvalue weighted by atomic mass is 10.0. The van der Waals surface area contributed by atoms with E-state index in [4.69, 9.17) is 14.2 Å². The van der Waals surface area contributed by atoms with Crippen LogP contribution in [0.1, 0.15) is 41.0 Å². The van der Waals surface area contributed by atoms with Crippen LogP contribution in [-0.2, 0) is 14.3 Å². The van der Waals surface area contributed by atoms with Gasteiger partial charge in [0.15, 0.2) is 11.5 Å². The maximum Gasteiger partial charge on any atom is 0.329 e. The van der Waals surface area contributed by atoms with Gasteiger partial charge in [0.05, 0.1) is 0 Å². The summed E-state index contributed by atoms with van der Waals surface area (Å²) < 4.78 is 16.7. The van der Waals surface area contributed by atoms with Crippen molar-refractivity contribution in [3.63, 3.8) is 0 Å². The average Bonchev–Trinajstić information content (AvgIpc) is 2.51. The minimum absolute atomic E-state index is 0.103. The standard InChI is InChI=1S/C19H27NO5/c1-12(2)10-13(18(22)25-19(3,4)5)20-17(21)16-11-23-14-8-6-7-9-15(14)24-16/h6-9,12-13,16H,10-11H2,1-5H3,(H,20,21)/t13-,16?/m0/s1. The van der Waals surface area contributed by atoms with Gasteiger partial charge in [0.1, 0.15) is 18.2 Å². The van der Waals surface area contributed by atoms with Gasteiger partial charge in [-0.2, -0.15) is 0 Å². The fraction of sp³-hybridized carbons (Fsp3) is 0.579. The molecule has 2 atom stereocenters. The van der Waals surface area contributed by atoms with Crippen molar-refractivity contribution in [2.24, 2.45) is 5.92 Å². The van der Waals surface area contributed by atoms with E-state index in [2.05, 4.69) is 5.32 Å². The van der Waals surface area contributed by atoms with Gasteiger partial charge < -0.3 is 19.5 Å². The Hall–Kier alpha value is -2.24. The minimum atomic E-state index is -0.799. The molecule has 1 unspecified atom stereocenters. The maximum atomic E-state index is 12.5. The summed E-state index contributed by atoms with van der Waals surface area (Å²) in [5, 5.41) is 2.75. The highest BCUT2D eigenvalue weighted by atomic mass is 16.6. The summed E-state index contributed by atoms with van der Waals surface area (Å²) in [5.41, 5.74) is -0.611. The van der Waals surface area contributed by atoms with Gasteiger partial charge in [0, 0.05) is 0 Å². The molecule has 0 saturated carbocycles. The van der Waals surface area contributed by atoms with Crippen LogP contribution in [0, 0.1) is 5.92 Å². The smallest absolute Gasteiger partial charge is 0.329 e. The monoisotopic (exact) mass is 349 g/mol. The van der Waals surface area contributed by atoms with Crippen LogP contribution in [0.15, 0.2) is 24.3 Å². The number of carbonyl (C=O) groups excluding carboxylic acids is 2. The molecule has 0 radical (unpaired) electrons. The molecule has 1 aliphatic heterocycles. The predicted molar refractivity (Wildman–Crippen MR) is 93.6 cm³/mol. The van der Waals surface area contributed by atoms with Gasteiger partial charge in [-0.1, -0.05) is 26.0 Å². The van der Waals surface area contributed by atoms with Crippen LogP contribution in [0.5, 0.6) is 11.5 Å². The topological polar surface area (TPSA) is 73.9 Å². The van der Waals surface area contributed by atoms with Crippen LogP contribution >= 0.6 is 0 Å². The van der Waals surface area contributed by atoms with E-state index in [0.717, 1.165) is 0 Å². The van der Waals surface area contributed by atoms with Gasteiger partial charge in [0.25, 0.3) is 5.91 Å². The van der Waals surface area contributed by atoms with Crippen LogP contribution in [0.3, 0.4) is 0 Å². The molecule has 6 nitrogen and oxygen atoms in total. The third kappa shape index (κ3) is 5.66. The van der Waals surface area contributed by atoms with Crippen molar-refractivity contribution in [2.75, 3.05) is 6.61 Å². The second kappa shape index (κ2) is 7.76. The van der Waals surface area contributed by atoms with Crippen molar-refractivity contribution in [2.45, 2.75) is 58.8 Å². The summed E-state index contributed by atoms with van der Waals surface area (Å²) in [6, 6.07) is 6.46. The Balaban J connectivity index is 2.03. The molecule has 1 aliphatic rings. The van der Waals surface area contributed by atoms with E-state index >= 15 is 0 Å². The summed E-state index contributed by atoms with van der Waals surface area (Å²) in [6.45, 7) is 9.47. The van der Waals surface area contributed by atoms with Crippen LogP contribution in [0.25, 0.3) is 0 Å². The number of amides is 1. The number of hydrogen-bond donors (Lipinski definition) is 1. The average molecular weight is 349 g/mol. The van der Waals surface area contributed by atoms with Gasteiger partial charge in [-0.15, -0.1) is 0 Å². The summed E-state index contributed by atoms with van der Waals surface area (Å²) in [4.78, 5) is 24.9. The molecular weight excluding hydrogens is 322 g/mol. The zero-order valence-corrected chi connectivity index (χ0v) is 15.5. The van der Waals surface area contributed by atoms with Crippen LogP contribution < -0.4 is 14.8 Å². The molecule has 6 heteroatoms. The van der Waals surface area contributed by atoms with E-state index in [-0.39, 0.29) is 18.4 Å². The Kier molecular flexibility index (Phi) is 5.93. The molecule has 0 aliphatic carbocycles. The Labute approximate surface area is 148 Å². The number of nitrogens with one attached hydrogen (secondary N) is 1. The number of carbonyl (C=O) groups is 2. The van der Waals surface area contributed by atoms with E-state index in [1.54, 1.807) is 32.9 Å². The first kappa shape index (κ1) is 19.1. The highest BCUT2D eigenvalue weighted by Crippen LogP contribution is 2.30. The van der Waals surface area contributed by atoms with Crippen molar-refractivity contribution in [1.29, 1.82) is 0 Å². The molecule has 138 valence electrons. The number of fused-ring (bicyclic) bond motifs is 1. The van der Waals surface area contributed by atoms with Crippen molar-refractivity contribution in [1.82, 2.24) is 5.32 Å². The summed E-state index contributed by atoms with van der Waals surface area (Å²) in [7, 11) is 0. The zero-order valence-electron chi connectivity index (χ0n) is 15.5. The van der Waals surface area contributed by atoms with E-state index in [0.29, 0.717) is 17.9 Å². The molecule has 1 aromatic rings. The minimum Gasteiger partial charge on any atom is -0.485 e. The largest absolute Gasteiger partial charge is 0.485 e. The molecule has 0 bridgehead atoms. The first-order chi connectivity index (χ1) is 11.7. The fourth-order valence-electron chi connectivity index (χ4n) is 2.47. The van der Waals surface area contributed by atoms with Crippen molar-refractivity contribution in [3.05, 3.63) is 24.3 Å². The highest BCUT2D eigenvalue weighted by molar-refractivity contribution is 5.87. The number of esters is 1. The molecule has 0 fully saturated rings. The van der Waals surface area contributed by atoms with E-state index in [1.807, 2.05) is 26.0 Å². The maximum absolute atomic E-state index is 12.5. The number of para-hydroxylation sites is 2. The lowest BCUT2D eigenvalue weighted by Gasteiger charge is -2.29. The van der Waals surface area contributed by atoms with Gasteiger partial charge in [-0.25, -0.2) is 4.79 Å². The number of benzene rings is 1. The van der Waals surface area contributed by atoms with Gasteiger partial charge in [0.2, 0.25) is 6.10 Å². The van der Waals surface area contributed by atoms with E-state index < -0.39 is 23.7 Å². The Morgan fingerprint density at radius 1 is 1.24 bits per heavy atom. The van der Waals surface area contributed by atoms with E-state index in [9.17, 15) is 9.59 Å². The fourth-order valence-corrected chi connectivity index (χ4v) is 2.47. The van der Waals surface area contributed by atoms with Crippen LogP contribution in [-0.4, -0.2) is 36.2 Å². The molecule has 0 spiro atoms. The quantitative estimate of drug-likeness (QED) is 0.828. The number of rotatable bonds is 5. The second-order valence-electron chi connectivity index (χ2n) is 7.59. The van der Waals surface area contributed by atoms with Crippen molar-refractivity contribution >= 4 is 11.9 Å². The van der Waals surface area contributed by atoms with Gasteiger partial charge in [-0.05, 0) is 45.2 Å². The lowest BCUT2D eigenvalue weighted by Crippen LogP contribution is -2.51. The highest BCUT2D eigenvalue weighted by Gasteiger charge is 2.32. The van der Waals surface area contributed by atoms with Gasteiger partial charge in [-0.3, -0.25) is 4.79 Å². The second-order valence-corrected chi connectivity index (χ2v) is 7.59. The third-order valence-corrected chi connectivity index (χ3v) is 3.52. The molecule has 0 saturated heterocycles. The normalized spacial score (nSPS) is 17.8. The lowest BCUT2D eigenvalue weighted by molar-refractivity contribution is -0.159. The molecule has 1 heterocycles. The third-order valence-electron chi connectivity index (χ3n) is 3.52. The summed E-state index contributed by atoms with van der Waals surface area (Å²) in [5.74, 6) is 0.531. The molecule has 2 rings (SSSR count). The molecule has 1 amide bonds. The Morgan fingerprint density at radius 3 is 2.48 bits per heavy atom. The zero-order chi connectivity index (χ0) is 18.6. The number of ether oxygens (including phenoxy) is 3. The van der Waals surface area contributed by atoms with E-state index in [1.165, 1.54) is 0 Å². The summed E-state index contributed by atoms with van der Waals surface area (Å²) in [6.07, 6.45) is -0.308. The number of hydrogen-bond acceptors (Lipinski definition) is 5. The Bertz CT molecular complexity index is 620. The molecule has 25 heavy (non-hydrogen) atoms. The van der Waals surface area contributed by atoms with Crippen LogP contribution in [0.2, 0.25) is 0 Å².